The molecule has 0 atom stereocenters. The average Bonchev–Trinajstić information content (AvgIpc) is 2.99. The number of nitrogens with one attached hydrogen (secondary N) is 1. The number of aliphatic imine (C=N–C) groups is 1. The van der Waals surface area contributed by atoms with E-state index < -0.39 is 0 Å². The summed E-state index contributed by atoms with van der Waals surface area (Å²) in [5.41, 5.74) is 0.850. The van der Waals surface area contributed by atoms with Crippen LogP contribution in [-0.4, -0.2) is 39.9 Å². The highest BCUT2D eigenvalue weighted by molar-refractivity contribution is 6.40. The molecule has 2 heterocycles. The molecular weight excluding hydrogens is 339 g/mol. The highest BCUT2D eigenvalue weighted by Crippen LogP contribution is 2.30. The second-order valence-corrected chi connectivity index (χ2v) is 5.60. The summed E-state index contributed by atoms with van der Waals surface area (Å²) in [6, 6.07) is 7.99. The minimum atomic E-state index is -0.274. The number of pyridine rings is 1. The lowest BCUT2D eigenvalue weighted by molar-refractivity contribution is 0.0857. The molecule has 8 heteroatoms. The molecule has 1 amide bonds. The van der Waals surface area contributed by atoms with Crippen molar-refractivity contribution in [2.45, 2.75) is 0 Å². The van der Waals surface area contributed by atoms with Crippen LogP contribution in [0.4, 0.5) is 5.69 Å². The van der Waals surface area contributed by atoms with Crippen molar-refractivity contribution in [3.05, 3.63) is 52.1 Å². The number of aromatic hydroxyl groups is 1. The van der Waals surface area contributed by atoms with E-state index in [1.807, 2.05) is 0 Å². The summed E-state index contributed by atoms with van der Waals surface area (Å²) in [7, 11) is 0. The lowest BCUT2D eigenvalue weighted by Crippen LogP contribution is -2.38. The van der Waals surface area contributed by atoms with Gasteiger partial charge in [0.2, 0.25) is 11.8 Å². The molecule has 0 saturated carbocycles. The van der Waals surface area contributed by atoms with Crippen LogP contribution in [0.15, 0.2) is 41.5 Å². The maximum Gasteiger partial charge on any atom is 0.262 e. The first kappa shape index (κ1) is 15.6. The van der Waals surface area contributed by atoms with Gasteiger partial charge in [-0.15, -0.1) is 0 Å². The average molecular weight is 351 g/mol. The smallest absolute Gasteiger partial charge is 0.262 e. The summed E-state index contributed by atoms with van der Waals surface area (Å²) >= 11 is 12.3. The van der Waals surface area contributed by atoms with E-state index in [1.165, 1.54) is 23.2 Å². The van der Waals surface area contributed by atoms with Crippen LogP contribution in [0.3, 0.4) is 0 Å². The Morgan fingerprint density at radius 2 is 1.96 bits per heavy atom. The Kier molecular flexibility index (Phi) is 4.36. The number of hydrogen-bond acceptors (Lipinski definition) is 5. The zero-order valence-corrected chi connectivity index (χ0v) is 13.3. The van der Waals surface area contributed by atoms with Gasteiger partial charge in [-0.3, -0.25) is 14.7 Å². The minimum Gasteiger partial charge on any atom is -0.493 e. The third-order valence-electron chi connectivity index (χ3n) is 3.28. The molecule has 1 aromatic carbocycles. The number of guanidine groups is 1. The topological polar surface area (TPSA) is 77.8 Å². The molecule has 6 nitrogen and oxygen atoms in total. The first-order valence-corrected chi connectivity index (χ1v) is 7.54. The first-order chi connectivity index (χ1) is 11.1. The molecule has 0 radical (unpaired) electrons. The Bertz CT molecular complexity index is 757. The maximum absolute atomic E-state index is 12.5. The molecule has 23 heavy (non-hydrogen) atoms. The third kappa shape index (κ3) is 3.23. The molecule has 1 aliphatic rings. The number of amides is 1. The fraction of sp³-hybridized carbons (Fsp3) is 0.133. The van der Waals surface area contributed by atoms with Gasteiger partial charge < -0.3 is 10.4 Å². The zero-order chi connectivity index (χ0) is 16.4. The van der Waals surface area contributed by atoms with Crippen LogP contribution < -0.4 is 5.32 Å². The Morgan fingerprint density at radius 3 is 2.61 bits per heavy atom. The molecular formula is C15H12Cl2N4O2. The predicted octanol–water partition coefficient (Wildman–Crippen LogP) is 3.02. The van der Waals surface area contributed by atoms with E-state index in [1.54, 1.807) is 18.2 Å². The summed E-state index contributed by atoms with van der Waals surface area (Å²) in [6.07, 6.45) is 1.32. The molecule has 2 aromatic rings. The molecule has 0 fully saturated rings. The van der Waals surface area contributed by atoms with Crippen molar-refractivity contribution >= 4 is 40.8 Å². The number of anilines is 1. The number of aromatic nitrogens is 1. The molecule has 118 valence electrons. The van der Waals surface area contributed by atoms with Crippen molar-refractivity contribution in [2.24, 2.45) is 4.99 Å². The molecule has 0 unspecified atom stereocenters. The van der Waals surface area contributed by atoms with E-state index in [2.05, 4.69) is 15.3 Å². The summed E-state index contributed by atoms with van der Waals surface area (Å²) in [5.74, 6) is -0.0414. The van der Waals surface area contributed by atoms with Crippen molar-refractivity contribution in [1.29, 1.82) is 0 Å². The van der Waals surface area contributed by atoms with Crippen molar-refractivity contribution < 1.29 is 9.90 Å². The second kappa shape index (κ2) is 6.44. The van der Waals surface area contributed by atoms with E-state index in [9.17, 15) is 9.90 Å². The SMILES string of the molecule is O=C(c1ccc(O)nc1)N1CCN=C1Nc1c(Cl)cccc1Cl. The van der Waals surface area contributed by atoms with Crippen molar-refractivity contribution in [3.63, 3.8) is 0 Å². The molecule has 0 aliphatic carbocycles. The molecule has 1 aliphatic heterocycles. The molecule has 2 N–H and O–H groups in total. The van der Waals surface area contributed by atoms with Gasteiger partial charge in [-0.1, -0.05) is 29.3 Å². The van der Waals surface area contributed by atoms with Crippen LogP contribution in [0.2, 0.25) is 10.0 Å². The third-order valence-corrected chi connectivity index (χ3v) is 3.91. The Balaban J connectivity index is 1.83. The van der Waals surface area contributed by atoms with Crippen LogP contribution >= 0.6 is 23.2 Å². The van der Waals surface area contributed by atoms with Crippen LogP contribution in [-0.2, 0) is 0 Å². The monoisotopic (exact) mass is 350 g/mol. The number of nitrogens with zero attached hydrogens (tertiary/aromatic N) is 3. The molecule has 1 aromatic heterocycles. The highest BCUT2D eigenvalue weighted by atomic mass is 35.5. The van der Waals surface area contributed by atoms with Gasteiger partial charge in [0, 0.05) is 18.8 Å². The van der Waals surface area contributed by atoms with Gasteiger partial charge in [0.1, 0.15) is 0 Å². The number of para-hydroxylation sites is 1. The minimum absolute atomic E-state index is 0.141. The van der Waals surface area contributed by atoms with E-state index in [-0.39, 0.29) is 11.8 Å². The number of benzene rings is 1. The normalized spacial score (nSPS) is 13.8. The van der Waals surface area contributed by atoms with Gasteiger partial charge in [-0.2, -0.15) is 0 Å². The van der Waals surface area contributed by atoms with E-state index in [0.717, 1.165) is 0 Å². The van der Waals surface area contributed by atoms with Crippen LogP contribution in [0.25, 0.3) is 0 Å². The van der Waals surface area contributed by atoms with E-state index in [0.29, 0.717) is 40.3 Å². The summed E-state index contributed by atoms with van der Waals surface area (Å²) in [4.78, 5) is 22.0. The summed E-state index contributed by atoms with van der Waals surface area (Å²) in [6.45, 7) is 0.909. The van der Waals surface area contributed by atoms with E-state index >= 15 is 0 Å². The Morgan fingerprint density at radius 1 is 1.22 bits per heavy atom. The fourth-order valence-electron chi connectivity index (χ4n) is 2.15. The lowest BCUT2D eigenvalue weighted by Gasteiger charge is -2.20. The number of carbonyl (C=O) groups is 1. The maximum atomic E-state index is 12.5. The molecule has 3 rings (SSSR count). The van der Waals surface area contributed by atoms with Gasteiger partial charge >= 0.3 is 0 Å². The molecule has 0 bridgehead atoms. The van der Waals surface area contributed by atoms with Gasteiger partial charge in [0.05, 0.1) is 27.8 Å². The Hall–Kier alpha value is -2.31. The zero-order valence-electron chi connectivity index (χ0n) is 11.8. The largest absolute Gasteiger partial charge is 0.493 e. The van der Waals surface area contributed by atoms with E-state index in [4.69, 9.17) is 23.2 Å². The van der Waals surface area contributed by atoms with Crippen LogP contribution in [0.5, 0.6) is 5.88 Å². The number of hydrogen-bond donors (Lipinski definition) is 2. The quantitative estimate of drug-likeness (QED) is 0.872. The van der Waals surface area contributed by atoms with Crippen molar-refractivity contribution in [3.8, 4) is 5.88 Å². The highest BCUT2D eigenvalue weighted by Gasteiger charge is 2.26. The van der Waals surface area contributed by atoms with Gasteiger partial charge in [-0.05, 0) is 18.2 Å². The van der Waals surface area contributed by atoms with Crippen molar-refractivity contribution in [1.82, 2.24) is 9.88 Å². The first-order valence-electron chi connectivity index (χ1n) is 6.78. The van der Waals surface area contributed by atoms with Gasteiger partial charge in [0.15, 0.2) is 0 Å². The Labute approximate surface area is 142 Å². The number of rotatable bonds is 2. The van der Waals surface area contributed by atoms with Gasteiger partial charge in [-0.25, -0.2) is 4.98 Å². The summed E-state index contributed by atoms with van der Waals surface area (Å²) in [5, 5.41) is 13.1. The van der Waals surface area contributed by atoms with Crippen molar-refractivity contribution in [2.75, 3.05) is 18.4 Å². The fourth-order valence-corrected chi connectivity index (χ4v) is 2.64. The van der Waals surface area contributed by atoms with Gasteiger partial charge in [0.25, 0.3) is 5.91 Å². The standard InChI is InChI=1S/C15H12Cl2N4O2/c16-10-2-1-3-11(17)13(10)20-15-18-6-7-21(15)14(23)9-4-5-12(22)19-8-9/h1-5,8H,6-7H2,(H,18,20)(H,19,22). The lowest BCUT2D eigenvalue weighted by atomic mass is 10.2. The molecule has 0 spiro atoms. The van der Waals surface area contributed by atoms with Crippen LogP contribution in [0.1, 0.15) is 10.4 Å². The summed E-state index contributed by atoms with van der Waals surface area (Å²) < 4.78 is 0. The number of carbonyl (C=O) groups excluding carboxylic acids is 1. The number of halogens is 2. The predicted molar refractivity (Wildman–Crippen MR) is 89.3 cm³/mol. The van der Waals surface area contributed by atoms with Crippen LogP contribution in [0, 0.1) is 0 Å². The molecule has 0 saturated heterocycles. The second-order valence-electron chi connectivity index (χ2n) is 4.79.